The van der Waals surface area contributed by atoms with Crippen LogP contribution >= 0.6 is 0 Å². The maximum absolute atomic E-state index is 13.0. The molecule has 0 aromatic rings. The molecular formula is C94H156NO8+. The van der Waals surface area contributed by atoms with Gasteiger partial charge in [0.1, 0.15) is 13.2 Å². The molecule has 584 valence electrons. The lowest BCUT2D eigenvalue weighted by molar-refractivity contribution is -0.870. The van der Waals surface area contributed by atoms with Crippen LogP contribution in [0.5, 0.6) is 0 Å². The van der Waals surface area contributed by atoms with Gasteiger partial charge in [0.25, 0.3) is 6.29 Å². The zero-order chi connectivity index (χ0) is 74.6. The monoisotopic (exact) mass is 1430 g/mol. The van der Waals surface area contributed by atoms with E-state index in [-0.39, 0.29) is 32.2 Å². The number of esters is 2. The predicted octanol–water partition coefficient (Wildman–Crippen LogP) is 27.5. The van der Waals surface area contributed by atoms with Crippen molar-refractivity contribution in [1.82, 2.24) is 0 Å². The van der Waals surface area contributed by atoms with Gasteiger partial charge in [0.15, 0.2) is 6.10 Å². The summed E-state index contributed by atoms with van der Waals surface area (Å²) in [7, 11) is 5.98. The Morgan fingerprint density at radius 2 is 0.524 bits per heavy atom. The van der Waals surface area contributed by atoms with Gasteiger partial charge in [-0.2, -0.15) is 0 Å². The molecule has 2 unspecified atom stereocenters. The van der Waals surface area contributed by atoms with Gasteiger partial charge in [-0.3, -0.25) is 9.59 Å². The molecule has 0 saturated carbocycles. The number of unbranched alkanes of at least 4 members (excludes halogenated alkanes) is 31. The molecule has 0 aromatic carbocycles. The van der Waals surface area contributed by atoms with Gasteiger partial charge in [-0.15, -0.1) is 0 Å². The number of aliphatic carboxylic acids is 1. The van der Waals surface area contributed by atoms with Crippen molar-refractivity contribution in [1.29, 1.82) is 0 Å². The molecule has 0 radical (unpaired) electrons. The zero-order valence-electron chi connectivity index (χ0n) is 66.9. The highest BCUT2D eigenvalue weighted by Gasteiger charge is 2.25. The van der Waals surface area contributed by atoms with Crippen molar-refractivity contribution in [2.24, 2.45) is 0 Å². The van der Waals surface area contributed by atoms with E-state index < -0.39 is 24.3 Å². The van der Waals surface area contributed by atoms with Crippen LogP contribution in [0.3, 0.4) is 0 Å². The van der Waals surface area contributed by atoms with Gasteiger partial charge in [-0.05, 0) is 135 Å². The van der Waals surface area contributed by atoms with Gasteiger partial charge >= 0.3 is 17.9 Å². The van der Waals surface area contributed by atoms with E-state index >= 15 is 0 Å². The lowest BCUT2D eigenvalue weighted by Gasteiger charge is -2.25. The van der Waals surface area contributed by atoms with Gasteiger partial charge in [0.05, 0.1) is 34.4 Å². The van der Waals surface area contributed by atoms with Crippen molar-refractivity contribution in [2.45, 2.75) is 347 Å². The summed E-state index contributed by atoms with van der Waals surface area (Å²) in [5.74, 6) is -2.00. The molecule has 103 heavy (non-hydrogen) atoms. The molecule has 9 heteroatoms. The summed E-state index contributed by atoms with van der Waals surface area (Å²) in [6.07, 6.45) is 122. The Morgan fingerprint density at radius 1 is 0.291 bits per heavy atom. The summed E-state index contributed by atoms with van der Waals surface area (Å²) in [5, 5.41) is 9.79. The van der Waals surface area contributed by atoms with Crippen molar-refractivity contribution in [3.05, 3.63) is 182 Å². The van der Waals surface area contributed by atoms with Gasteiger partial charge in [0.2, 0.25) is 0 Å². The largest absolute Gasteiger partial charge is 0.477 e. The summed E-state index contributed by atoms with van der Waals surface area (Å²) in [6.45, 7) is 4.66. The van der Waals surface area contributed by atoms with E-state index in [1.165, 1.54) is 167 Å². The second-order valence-electron chi connectivity index (χ2n) is 28.7. The fourth-order valence-electron chi connectivity index (χ4n) is 11.4. The third kappa shape index (κ3) is 83.5. The number of quaternary nitrogens is 1. The highest BCUT2D eigenvalue weighted by atomic mass is 16.7. The molecule has 0 bridgehead atoms. The molecule has 0 aliphatic heterocycles. The van der Waals surface area contributed by atoms with Crippen molar-refractivity contribution in [3.63, 3.8) is 0 Å². The number of hydrogen-bond acceptors (Lipinski definition) is 7. The van der Waals surface area contributed by atoms with E-state index in [0.29, 0.717) is 23.9 Å². The number of carboxylic acid groups (broad SMARTS) is 1. The average molecular weight is 1430 g/mol. The number of rotatable bonds is 76. The van der Waals surface area contributed by atoms with Crippen molar-refractivity contribution in [3.8, 4) is 0 Å². The van der Waals surface area contributed by atoms with E-state index in [9.17, 15) is 19.5 Å². The number of likely N-dealkylation sites (N-methyl/N-ethyl adjacent to an activating group) is 1. The van der Waals surface area contributed by atoms with Crippen LogP contribution in [-0.2, 0) is 33.3 Å². The van der Waals surface area contributed by atoms with Crippen LogP contribution in [0.2, 0.25) is 0 Å². The van der Waals surface area contributed by atoms with Crippen LogP contribution in [0.1, 0.15) is 335 Å². The summed E-state index contributed by atoms with van der Waals surface area (Å²) in [5.41, 5.74) is 0. The van der Waals surface area contributed by atoms with Crippen LogP contribution in [-0.4, -0.2) is 87.4 Å². The topological polar surface area (TPSA) is 108 Å². The van der Waals surface area contributed by atoms with Crippen LogP contribution in [0.4, 0.5) is 0 Å². The quantitative estimate of drug-likeness (QED) is 0.0211. The summed E-state index contributed by atoms with van der Waals surface area (Å²) >= 11 is 0. The molecule has 2 atom stereocenters. The van der Waals surface area contributed by atoms with Gasteiger partial charge in [-0.25, -0.2) is 4.79 Å². The average Bonchev–Trinajstić information content (AvgIpc) is 1.01. The third-order valence-corrected chi connectivity index (χ3v) is 17.7. The number of carboxylic acids is 1. The Bertz CT molecular complexity index is 2360. The summed E-state index contributed by atoms with van der Waals surface area (Å²) < 4.78 is 23.1. The third-order valence-electron chi connectivity index (χ3n) is 17.7. The first-order valence-corrected chi connectivity index (χ1v) is 41.9. The second-order valence-corrected chi connectivity index (χ2v) is 28.7. The lowest BCUT2D eigenvalue weighted by atomic mass is 10.0. The van der Waals surface area contributed by atoms with E-state index in [0.717, 1.165) is 135 Å². The Hall–Kier alpha value is -5.61. The second kappa shape index (κ2) is 82.1. The fourth-order valence-corrected chi connectivity index (χ4v) is 11.4. The van der Waals surface area contributed by atoms with Crippen LogP contribution in [0.25, 0.3) is 0 Å². The minimum Gasteiger partial charge on any atom is -0.477 e. The molecule has 0 fully saturated rings. The maximum atomic E-state index is 13.0. The van der Waals surface area contributed by atoms with Crippen LogP contribution < -0.4 is 0 Å². The minimum atomic E-state index is -1.52. The van der Waals surface area contributed by atoms with Gasteiger partial charge in [0, 0.05) is 12.8 Å². The number of allylic oxidation sites excluding steroid dienone is 30. The smallest absolute Gasteiger partial charge is 0.361 e. The molecule has 0 aliphatic rings. The van der Waals surface area contributed by atoms with Crippen LogP contribution in [0.15, 0.2) is 182 Å². The van der Waals surface area contributed by atoms with E-state index in [1.54, 1.807) is 0 Å². The summed E-state index contributed by atoms with van der Waals surface area (Å²) in [6, 6.07) is 0. The standard InChI is InChI=1S/C94H155NO8/c1-6-8-10-12-14-16-18-20-22-24-26-28-30-32-34-36-38-40-42-44-45-46-47-49-51-53-55-57-59-61-63-65-67-69-71-73-75-77-79-81-83-85-92(97)103-90(89-102-94(93(98)99)100-87-86-95(3,4)5)88-101-91(96)84-82-80-78-76-74-72-70-68-66-64-62-60-58-56-54-52-50-48-43-41-39-37-35-33-31-29-27-25-23-21-19-17-15-13-11-9-7-2/h8-11,14-17,20-23,26-29,32-35,38-41,44-45,47,49,53,55,90,94H,6-7,12-13,18-19,24-25,30-31,36-37,42-43,46,48,50-52,54,56-89H2,1-5H3/p+1/b10-8-,11-9-,16-14-,17-15-,22-20-,23-21-,28-26-,29-27-,34-32-,35-33-,40-38-,41-39-,45-44-,49-47-,55-53-. The van der Waals surface area contributed by atoms with E-state index in [4.69, 9.17) is 18.9 Å². The Labute approximate surface area is 634 Å². The molecule has 0 heterocycles. The first-order valence-electron chi connectivity index (χ1n) is 41.9. The maximum Gasteiger partial charge on any atom is 0.361 e. The Balaban J connectivity index is 4.05. The summed E-state index contributed by atoms with van der Waals surface area (Å²) in [4.78, 5) is 37.8. The lowest BCUT2D eigenvalue weighted by Crippen LogP contribution is -2.40. The molecule has 1 N–H and O–H groups in total. The number of nitrogens with zero attached hydrogens (tertiary/aromatic N) is 1. The Morgan fingerprint density at radius 3 is 0.777 bits per heavy atom. The first-order chi connectivity index (χ1) is 50.6. The number of carbonyl (C=O) groups excluding carboxylic acids is 2. The molecule has 0 amide bonds. The zero-order valence-corrected chi connectivity index (χ0v) is 66.9. The van der Waals surface area contributed by atoms with Crippen molar-refractivity contribution < 1.29 is 42.9 Å². The van der Waals surface area contributed by atoms with Crippen LogP contribution in [0, 0.1) is 0 Å². The molecule has 0 aromatic heterocycles. The highest BCUT2D eigenvalue weighted by molar-refractivity contribution is 5.71. The number of ether oxygens (including phenoxy) is 4. The molecule has 9 nitrogen and oxygen atoms in total. The fraction of sp³-hybridized carbons (Fsp3) is 0.649. The number of hydrogen-bond donors (Lipinski definition) is 1. The first kappa shape index (κ1) is 97.4. The van der Waals surface area contributed by atoms with Crippen molar-refractivity contribution >= 4 is 17.9 Å². The molecule has 0 saturated heterocycles. The SMILES string of the molecule is CC/C=C\C/C=C\C/C=C\C/C=C\C/C=C\C/C=C\C/C=C\C/C=C\C/C=C\CCCCCCCCCCCCCCCC(=O)OC(COC(=O)CCCCCCCCCCCCCCCCCCCC/C=C\C/C=C\C/C=C\C/C=C\C/C=C\C/C=C\CC)COC(OCC[N+](C)(C)C)C(=O)O. The van der Waals surface area contributed by atoms with Gasteiger partial charge in [-0.1, -0.05) is 369 Å². The van der Waals surface area contributed by atoms with E-state index in [2.05, 4.69) is 196 Å². The van der Waals surface area contributed by atoms with Crippen molar-refractivity contribution in [2.75, 3.05) is 47.5 Å². The number of carbonyl (C=O) groups is 3. The minimum absolute atomic E-state index is 0.182. The normalized spacial score (nSPS) is 13.6. The molecular weight excluding hydrogens is 1270 g/mol. The highest BCUT2D eigenvalue weighted by Crippen LogP contribution is 2.18. The predicted molar refractivity (Wildman–Crippen MR) is 446 cm³/mol. The molecule has 0 spiro atoms. The van der Waals surface area contributed by atoms with E-state index in [1.807, 2.05) is 21.1 Å². The molecule has 0 aliphatic carbocycles. The molecule has 0 rings (SSSR count). The Kier molecular flexibility index (Phi) is 77.6. The van der Waals surface area contributed by atoms with Gasteiger partial charge < -0.3 is 28.5 Å².